The van der Waals surface area contributed by atoms with Gasteiger partial charge in [0.2, 0.25) is 0 Å². The molecule has 1 saturated heterocycles. The predicted molar refractivity (Wildman–Crippen MR) is 66.9 cm³/mol. The highest BCUT2D eigenvalue weighted by Crippen LogP contribution is 2.40. The average molecular weight is 244 g/mol. The zero-order valence-electron chi connectivity index (χ0n) is 10.3. The molecule has 1 aromatic heterocycles. The van der Waals surface area contributed by atoms with E-state index in [9.17, 15) is 4.79 Å². The number of nitrogens with zero attached hydrogens (tertiary/aromatic N) is 3. The summed E-state index contributed by atoms with van der Waals surface area (Å²) in [6.45, 7) is 2.84. The molecule has 0 aromatic carbocycles. The number of carbonyl (C=O) groups excluding carboxylic acids is 1. The van der Waals surface area contributed by atoms with E-state index < -0.39 is 0 Å². The van der Waals surface area contributed by atoms with Crippen molar-refractivity contribution >= 4 is 11.7 Å². The first-order valence-corrected chi connectivity index (χ1v) is 6.77. The van der Waals surface area contributed by atoms with Crippen molar-refractivity contribution in [2.45, 2.75) is 31.6 Å². The van der Waals surface area contributed by atoms with Crippen molar-refractivity contribution < 1.29 is 4.79 Å². The molecule has 0 spiro atoms. The number of anilines is 1. The van der Waals surface area contributed by atoms with Crippen LogP contribution in [0.5, 0.6) is 0 Å². The van der Waals surface area contributed by atoms with Crippen LogP contribution < -0.4 is 10.2 Å². The van der Waals surface area contributed by atoms with Crippen LogP contribution in [-0.2, 0) is 6.42 Å². The lowest BCUT2D eigenvalue weighted by Gasteiger charge is -2.35. The number of hydrogen-bond donors (Lipinski definition) is 1. The normalized spacial score (nSPS) is 22.2. The first-order valence-electron chi connectivity index (χ1n) is 6.77. The number of fused-ring (bicyclic) bond motifs is 1. The van der Waals surface area contributed by atoms with E-state index in [2.05, 4.69) is 15.2 Å². The first-order chi connectivity index (χ1) is 8.83. The molecule has 0 radical (unpaired) electrons. The van der Waals surface area contributed by atoms with Crippen LogP contribution in [-0.4, -0.2) is 35.5 Å². The number of nitrogens with one attached hydrogen (secondary N) is 1. The fourth-order valence-corrected chi connectivity index (χ4v) is 2.61. The fourth-order valence-electron chi connectivity index (χ4n) is 2.61. The number of aromatic nitrogens is 2. The van der Waals surface area contributed by atoms with Crippen LogP contribution in [0, 0.1) is 0 Å². The molecule has 0 bridgehead atoms. The van der Waals surface area contributed by atoms with Crippen LogP contribution in [0.1, 0.15) is 47.1 Å². The smallest absolute Gasteiger partial charge is 0.270 e. The largest absolute Gasteiger partial charge is 0.356 e. The summed E-state index contributed by atoms with van der Waals surface area (Å²) in [5, 5.41) is 2.88. The van der Waals surface area contributed by atoms with Gasteiger partial charge in [0.25, 0.3) is 5.91 Å². The SMILES string of the molecule is O=C1NCCc2c1nc(C1CC1)nc2N1CCC1. The van der Waals surface area contributed by atoms with Crippen LogP contribution >= 0.6 is 0 Å². The van der Waals surface area contributed by atoms with Crippen molar-refractivity contribution in [1.29, 1.82) is 0 Å². The topological polar surface area (TPSA) is 58.1 Å². The van der Waals surface area contributed by atoms with Crippen molar-refractivity contribution in [1.82, 2.24) is 15.3 Å². The molecule has 5 nitrogen and oxygen atoms in total. The summed E-state index contributed by atoms with van der Waals surface area (Å²) >= 11 is 0. The Bertz CT molecular complexity index is 520. The third kappa shape index (κ3) is 1.50. The van der Waals surface area contributed by atoms with Gasteiger partial charge in [-0.3, -0.25) is 4.79 Å². The second-order valence-electron chi connectivity index (χ2n) is 5.35. The standard InChI is InChI=1S/C13H16N4O/c18-13-10-9(4-5-14-13)12(17-6-1-7-17)16-11(15-10)8-2-3-8/h8H,1-7H2,(H,14,18). The zero-order valence-corrected chi connectivity index (χ0v) is 10.3. The maximum atomic E-state index is 11.9. The summed E-state index contributed by atoms with van der Waals surface area (Å²) in [5.41, 5.74) is 1.68. The van der Waals surface area contributed by atoms with Gasteiger partial charge in [-0.25, -0.2) is 9.97 Å². The van der Waals surface area contributed by atoms with Crippen molar-refractivity contribution in [3.8, 4) is 0 Å². The molecule has 3 aliphatic rings. The van der Waals surface area contributed by atoms with Crippen LogP contribution in [0.25, 0.3) is 0 Å². The molecule has 0 atom stereocenters. The monoisotopic (exact) mass is 244 g/mol. The lowest BCUT2D eigenvalue weighted by molar-refractivity contribution is 0.0940. The Hall–Kier alpha value is -1.65. The Labute approximate surface area is 106 Å². The van der Waals surface area contributed by atoms with Gasteiger partial charge in [0.1, 0.15) is 17.3 Å². The first kappa shape index (κ1) is 10.3. The van der Waals surface area contributed by atoms with Gasteiger partial charge < -0.3 is 10.2 Å². The van der Waals surface area contributed by atoms with Gasteiger partial charge in [-0.05, 0) is 25.7 Å². The third-order valence-electron chi connectivity index (χ3n) is 3.98. The molecule has 1 aliphatic carbocycles. The van der Waals surface area contributed by atoms with Crippen LogP contribution in [0.4, 0.5) is 5.82 Å². The van der Waals surface area contributed by atoms with Gasteiger partial charge in [-0.1, -0.05) is 0 Å². The minimum atomic E-state index is -0.0256. The Kier molecular flexibility index (Phi) is 2.10. The van der Waals surface area contributed by atoms with Gasteiger partial charge >= 0.3 is 0 Å². The number of carbonyl (C=O) groups is 1. The highest BCUT2D eigenvalue weighted by Gasteiger charge is 2.33. The third-order valence-corrected chi connectivity index (χ3v) is 3.98. The maximum absolute atomic E-state index is 11.9. The van der Waals surface area contributed by atoms with Crippen molar-refractivity contribution in [3.63, 3.8) is 0 Å². The predicted octanol–water partition coefficient (Wildman–Crippen LogP) is 0.850. The Morgan fingerprint density at radius 3 is 2.72 bits per heavy atom. The van der Waals surface area contributed by atoms with Gasteiger partial charge in [0, 0.05) is 31.1 Å². The molecule has 1 saturated carbocycles. The van der Waals surface area contributed by atoms with E-state index in [1.54, 1.807) is 0 Å². The van der Waals surface area contributed by atoms with Crippen LogP contribution in [0.15, 0.2) is 0 Å². The van der Waals surface area contributed by atoms with E-state index in [1.165, 1.54) is 19.3 Å². The van der Waals surface area contributed by atoms with E-state index in [4.69, 9.17) is 4.98 Å². The summed E-state index contributed by atoms with van der Waals surface area (Å²) < 4.78 is 0. The molecule has 1 aromatic rings. The quantitative estimate of drug-likeness (QED) is 0.838. The summed E-state index contributed by atoms with van der Waals surface area (Å²) in [6.07, 6.45) is 4.42. The second-order valence-corrected chi connectivity index (χ2v) is 5.35. The molecule has 1 N–H and O–H groups in total. The lowest BCUT2D eigenvalue weighted by atomic mass is 10.0. The minimum absolute atomic E-state index is 0.0256. The molecule has 5 heteroatoms. The summed E-state index contributed by atoms with van der Waals surface area (Å²) in [7, 11) is 0. The van der Waals surface area contributed by atoms with Gasteiger partial charge in [0.05, 0.1) is 0 Å². The van der Waals surface area contributed by atoms with E-state index >= 15 is 0 Å². The molecule has 0 unspecified atom stereocenters. The molecule has 1 amide bonds. The Morgan fingerprint density at radius 2 is 2.06 bits per heavy atom. The lowest BCUT2D eigenvalue weighted by Crippen LogP contribution is -2.41. The molecule has 4 rings (SSSR count). The van der Waals surface area contributed by atoms with Gasteiger partial charge in [-0.15, -0.1) is 0 Å². The van der Waals surface area contributed by atoms with Gasteiger partial charge in [0.15, 0.2) is 0 Å². The summed E-state index contributed by atoms with van der Waals surface area (Å²) in [6, 6.07) is 0. The fraction of sp³-hybridized carbons (Fsp3) is 0.615. The Morgan fingerprint density at radius 1 is 1.22 bits per heavy atom. The molecule has 2 aliphatic heterocycles. The summed E-state index contributed by atoms with van der Waals surface area (Å²) in [5.74, 6) is 2.38. The van der Waals surface area contributed by atoms with Crippen LogP contribution in [0.3, 0.4) is 0 Å². The van der Waals surface area contributed by atoms with Crippen molar-refractivity contribution in [2.75, 3.05) is 24.5 Å². The van der Waals surface area contributed by atoms with Crippen molar-refractivity contribution in [3.05, 3.63) is 17.1 Å². The van der Waals surface area contributed by atoms with E-state index in [0.29, 0.717) is 18.2 Å². The zero-order chi connectivity index (χ0) is 12.1. The number of amides is 1. The maximum Gasteiger partial charge on any atom is 0.270 e. The number of rotatable bonds is 2. The highest BCUT2D eigenvalue weighted by atomic mass is 16.1. The van der Waals surface area contributed by atoms with Gasteiger partial charge in [-0.2, -0.15) is 0 Å². The minimum Gasteiger partial charge on any atom is -0.356 e. The van der Waals surface area contributed by atoms with Crippen LogP contribution in [0.2, 0.25) is 0 Å². The van der Waals surface area contributed by atoms with Crippen molar-refractivity contribution in [2.24, 2.45) is 0 Å². The summed E-state index contributed by atoms with van der Waals surface area (Å²) in [4.78, 5) is 23.5. The van der Waals surface area contributed by atoms with E-state index in [0.717, 1.165) is 36.7 Å². The molecule has 94 valence electrons. The Balaban J connectivity index is 1.85. The molecular formula is C13H16N4O. The van der Waals surface area contributed by atoms with E-state index in [-0.39, 0.29) is 5.91 Å². The highest BCUT2D eigenvalue weighted by molar-refractivity contribution is 5.96. The molecule has 18 heavy (non-hydrogen) atoms. The molecule has 2 fully saturated rings. The molecule has 3 heterocycles. The average Bonchev–Trinajstić information content (AvgIpc) is 3.11. The molecular weight excluding hydrogens is 228 g/mol. The second kappa shape index (κ2) is 3.67. The number of hydrogen-bond acceptors (Lipinski definition) is 4. The van der Waals surface area contributed by atoms with E-state index in [1.807, 2.05) is 0 Å².